The van der Waals surface area contributed by atoms with Crippen molar-refractivity contribution in [3.8, 4) is 23.4 Å². The van der Waals surface area contributed by atoms with Crippen LogP contribution in [0.4, 0.5) is 75.7 Å². The molecule has 113 heavy (non-hydrogen) atoms. The second kappa shape index (κ2) is 48.2. The molecule has 6 aromatic heterocycles. The molecule has 0 atom stereocenters. The summed E-state index contributed by atoms with van der Waals surface area (Å²) in [6.07, 6.45) is 4.38. The molecule has 0 aliphatic carbocycles. The van der Waals surface area contributed by atoms with Gasteiger partial charge in [-0.1, -0.05) is 70.8 Å². The van der Waals surface area contributed by atoms with Gasteiger partial charge in [-0.15, -0.1) is 0 Å². The van der Waals surface area contributed by atoms with Crippen LogP contribution in [0.15, 0.2) is 116 Å². The van der Waals surface area contributed by atoms with Crippen LogP contribution in [-0.2, 0) is 152 Å². The minimum Gasteiger partial charge on any atom is -0.423 e. The third-order valence-corrected chi connectivity index (χ3v) is 34.3. The Morgan fingerprint density at radius 2 is 0.938 bits per heavy atom. The summed E-state index contributed by atoms with van der Waals surface area (Å²) in [5.41, 5.74) is 22.7. The third-order valence-electron chi connectivity index (χ3n) is 13.2. The molecule has 592 valence electrons. The molecule has 6 aromatic carbocycles. The third kappa shape index (κ3) is 29.1. The first-order chi connectivity index (χ1) is 53.3. The number of hydrogen-bond acceptors (Lipinski definition) is 27. The van der Waals surface area contributed by atoms with Crippen molar-refractivity contribution in [3.63, 3.8) is 0 Å². The monoisotopic (exact) mass is 1920 g/mol. The van der Waals surface area contributed by atoms with Gasteiger partial charge in [0.05, 0.1) is 128 Å². The van der Waals surface area contributed by atoms with E-state index in [1.807, 2.05) is 6.07 Å². The van der Waals surface area contributed by atoms with Gasteiger partial charge in [-0.25, -0.2) is 59.4 Å². The summed E-state index contributed by atoms with van der Waals surface area (Å²) in [6.45, 7) is 0.676. The number of rotatable bonds is 10. The molecule has 0 amide bonds. The highest BCUT2D eigenvalue weighted by Gasteiger charge is 2.22. The van der Waals surface area contributed by atoms with Crippen molar-refractivity contribution in [1.29, 1.82) is 10.5 Å². The Balaban J connectivity index is 0.000000286. The lowest BCUT2D eigenvalue weighted by Gasteiger charge is -2.08. The summed E-state index contributed by atoms with van der Waals surface area (Å²) >= 11 is 31.2. The van der Waals surface area contributed by atoms with Gasteiger partial charge in [-0.3, -0.25) is 35.4 Å². The molecule has 12 aromatic rings. The largest absolute Gasteiger partial charge is 0.488 e. The average Bonchev–Trinajstić information content (AvgIpc) is 1.65. The van der Waals surface area contributed by atoms with Crippen molar-refractivity contribution in [1.82, 2.24) is 59.7 Å². The Labute approximate surface area is 697 Å². The molecule has 0 fully saturated rings. The summed E-state index contributed by atoms with van der Waals surface area (Å²) < 4.78 is 110. The van der Waals surface area contributed by atoms with Crippen LogP contribution in [0.1, 0.15) is 40.8 Å². The summed E-state index contributed by atoms with van der Waals surface area (Å²) in [6, 6.07) is 23.1. The molecule has 0 spiro atoms. The van der Waals surface area contributed by atoms with Crippen molar-refractivity contribution < 1.29 is 59.9 Å². The lowest BCUT2D eigenvalue weighted by molar-refractivity contribution is -0.385. The molecule has 0 radical (unpaired) electrons. The molecule has 0 saturated carbocycles. The standard InChI is InChI=1S/C19H13F2N7.C12H7ClF2N6O2.C7H6BNO2.C7H4BrF2NO2.C7H5F2NO2.C5H4ClN5.CH4.S12.S2/c20-15-5-12(23)6-16(21)14(15)9-28-18-13(8-25-28)17(26-19(24)27-18)11-3-1-2-10(4-11)7-22;13-10-6-3-17-20(11(6)19-12(16)18-10)4-7-8(14)1-5(21(22)23)2-9(7)15;9-5-6-2-1-3-7(4-6)8(10)11;8-3-5-6(9)1-4(11(12)13)2-7(5)10;1-4-6(8)2-5(10(11)12)3-7(4)9;6-3-2-1-8-11-4(2)10-5(7)9-3;;1-3-5-7-9-11-12-10-8-6-4-2;1-2/h1-6,8H,9,23H2,(H2,24,26,27);1-3H,4H2,(H2,16,18,19);1-4,10-11H;1-2H,3H2;2-3H,1H3;1H,(H3,7,8,9,10,11);1H4;;. The number of anilines is 4. The first kappa shape index (κ1) is 96.3. The number of H-pyrrole nitrogens is 1. The van der Waals surface area contributed by atoms with Crippen molar-refractivity contribution in [2.75, 3.05) is 22.9 Å². The smallest absolute Gasteiger partial charge is 0.423 e. The average molecular weight is 1920 g/mol. The topological polar surface area (TPSA) is 463 Å². The van der Waals surface area contributed by atoms with E-state index < -0.39 is 91.1 Å². The minimum absolute atomic E-state index is 0. The van der Waals surface area contributed by atoms with Gasteiger partial charge in [0.1, 0.15) is 56.8 Å². The van der Waals surface area contributed by atoms with E-state index in [0.717, 1.165) is 12.1 Å². The zero-order chi connectivity index (χ0) is 83.1. The molecule has 0 aliphatic heterocycles. The maximum Gasteiger partial charge on any atom is 0.488 e. The van der Waals surface area contributed by atoms with Gasteiger partial charge >= 0.3 is 7.12 Å². The number of benzene rings is 6. The number of aromatic nitrogens is 12. The Hall–Kier alpha value is -9.09. The Bertz CT molecular complexity index is 5990. The first-order valence-corrected chi connectivity index (χ1v) is 46.6. The Morgan fingerprint density at radius 3 is 1.38 bits per heavy atom. The fraction of sp³-hybridized carbons (Fsp3) is 0.0862. The summed E-state index contributed by atoms with van der Waals surface area (Å²) in [5.74, 6) is -7.29. The maximum atomic E-state index is 14.2. The van der Waals surface area contributed by atoms with Gasteiger partial charge < -0.3 is 33.0 Å². The van der Waals surface area contributed by atoms with Crippen molar-refractivity contribution >= 4 is 259 Å². The number of nitrogens with zero attached hydrogens (tertiary/aromatic N) is 16. The lowest BCUT2D eigenvalue weighted by atomic mass is 9.80. The molecule has 0 bridgehead atoms. The molecule has 0 saturated heterocycles. The van der Waals surface area contributed by atoms with E-state index in [9.17, 15) is 65.5 Å². The zero-order valence-electron chi connectivity index (χ0n) is 54.9. The van der Waals surface area contributed by atoms with Crippen LogP contribution in [0.2, 0.25) is 10.3 Å². The van der Waals surface area contributed by atoms with E-state index in [-0.39, 0.29) is 76.9 Å². The van der Waals surface area contributed by atoms with Crippen LogP contribution in [0, 0.1) is 106 Å². The number of nitrogen functional groups attached to an aromatic ring is 4. The number of nitrogens with two attached hydrogens (primary N) is 4. The van der Waals surface area contributed by atoms with Crippen LogP contribution in [0.25, 0.3) is 44.4 Å². The molecule has 55 heteroatoms. The van der Waals surface area contributed by atoms with E-state index in [0.29, 0.717) is 96.9 Å². The number of halogens is 11. The fourth-order valence-corrected chi connectivity index (χ4v) is 31.2. The molecule has 12 rings (SSSR count). The van der Waals surface area contributed by atoms with Gasteiger partial charge in [0, 0.05) is 172 Å². The predicted molar refractivity (Wildman–Crippen MR) is 452 cm³/mol. The number of nitriles is 2. The predicted octanol–water partition coefficient (Wildman–Crippen LogP) is 10.5. The van der Waals surface area contributed by atoms with Crippen LogP contribution < -0.4 is 28.4 Å². The van der Waals surface area contributed by atoms with Crippen LogP contribution in [0.3, 0.4) is 0 Å². The van der Waals surface area contributed by atoms with Crippen LogP contribution in [-0.4, -0.2) is 91.6 Å². The molecular formula is C58H43BBrCl2F8N21O8S14. The van der Waals surface area contributed by atoms with E-state index in [1.54, 1.807) is 120 Å². The maximum absolute atomic E-state index is 14.2. The number of aromatic amines is 1. The number of alkyl halides is 1. The highest BCUT2D eigenvalue weighted by molar-refractivity contribution is 9.08. The number of hydrogen-bond donors (Lipinski definition) is 7. The second-order valence-corrected chi connectivity index (χ2v) is 39.0. The molecule has 0 unspecified atom stereocenters. The SMILES string of the molecule is C.Cc1c(F)cc([N+](=O)[O-])cc1F.N#Cc1cccc(-c2nc(N)nc3c2cnn3Cc2c(F)cc(N)cc2F)c1.N#Cc1cccc(B(O)O)c1.Nc1nc(Cl)c2cn[nH]c2n1.Nc1nc(Cl)c2cnn(Cc3c(F)cc([N+](=O)[O-])cc3F)c2n1.O=[N+]([O-])c1cc(F)c(CBr)c(F)c1.S=S.S=S=S=S=S=S=S=S=S=S=S=S. The van der Waals surface area contributed by atoms with Crippen LogP contribution in [0.5, 0.6) is 0 Å². The number of nitrogens with one attached hydrogen (secondary N) is 1. The highest BCUT2D eigenvalue weighted by atomic mass is 79.9. The van der Waals surface area contributed by atoms with Crippen LogP contribution >= 0.6 is 39.1 Å². The van der Waals surface area contributed by atoms with E-state index >= 15 is 0 Å². The lowest BCUT2D eigenvalue weighted by Crippen LogP contribution is -2.29. The van der Waals surface area contributed by atoms with E-state index in [4.69, 9.17) is 66.7 Å². The quantitative estimate of drug-likeness (QED) is 0.0127. The Morgan fingerprint density at radius 1 is 0.549 bits per heavy atom. The second-order valence-electron chi connectivity index (χ2n) is 20.0. The van der Waals surface area contributed by atoms with Crippen molar-refractivity contribution in [2.45, 2.75) is 32.8 Å². The van der Waals surface area contributed by atoms with Crippen molar-refractivity contribution in [3.05, 3.63) is 236 Å². The van der Waals surface area contributed by atoms with E-state index in [1.165, 1.54) is 52.5 Å². The van der Waals surface area contributed by atoms with Gasteiger partial charge in [0.15, 0.2) is 16.9 Å². The number of non-ortho nitro benzene ring substituents is 3. The molecular weight excluding hydrogens is 1880 g/mol. The number of fused-ring (bicyclic) bond motifs is 3. The highest BCUT2D eigenvalue weighted by Crippen LogP contribution is 2.30. The summed E-state index contributed by atoms with van der Waals surface area (Å²) in [5, 5.41) is 82.2. The normalized spacial score (nSPS) is 9.84. The molecule has 6 heterocycles. The molecule has 11 N–H and O–H groups in total. The Kier molecular flexibility index (Phi) is 41.1. The van der Waals surface area contributed by atoms with Gasteiger partial charge in [-0.05, 0) is 48.8 Å². The summed E-state index contributed by atoms with van der Waals surface area (Å²) in [4.78, 5) is 52.0. The fourth-order valence-electron chi connectivity index (χ4n) is 8.25. The van der Waals surface area contributed by atoms with Gasteiger partial charge in [0.2, 0.25) is 17.8 Å². The number of nitro groups is 3. The van der Waals surface area contributed by atoms with E-state index in [2.05, 4.69) is 117 Å². The first-order valence-electron chi connectivity index (χ1n) is 28.7. The minimum atomic E-state index is -1.50. The van der Waals surface area contributed by atoms with Gasteiger partial charge in [0.25, 0.3) is 17.1 Å². The molecule has 29 nitrogen and oxygen atoms in total. The summed E-state index contributed by atoms with van der Waals surface area (Å²) in [7, 11) is 14.8. The molecule has 0 aliphatic rings. The zero-order valence-corrected chi connectivity index (χ0v) is 69.4. The van der Waals surface area contributed by atoms with Gasteiger partial charge in [-0.2, -0.15) is 40.8 Å². The number of nitro benzene ring substituents is 3. The van der Waals surface area contributed by atoms with Crippen molar-refractivity contribution in [2.24, 2.45) is 0 Å².